The van der Waals surface area contributed by atoms with Crippen molar-refractivity contribution in [3.05, 3.63) is 12.2 Å². The highest BCUT2D eigenvalue weighted by Gasteiger charge is 2.02. The monoisotopic (exact) mass is 157 g/mol. The SMILES string of the molecule is CC(C)C(O)/C=C\CN(C)C. The van der Waals surface area contributed by atoms with Gasteiger partial charge in [-0.1, -0.05) is 26.0 Å². The third-order valence-electron chi connectivity index (χ3n) is 1.49. The molecule has 0 bridgehead atoms. The summed E-state index contributed by atoms with van der Waals surface area (Å²) in [4.78, 5) is 2.06. The molecule has 0 saturated carbocycles. The summed E-state index contributed by atoms with van der Waals surface area (Å²) in [6.07, 6.45) is 3.55. The summed E-state index contributed by atoms with van der Waals surface area (Å²) in [7, 11) is 4.01. The predicted octanol–water partition coefficient (Wildman–Crippen LogP) is 1.12. The van der Waals surface area contributed by atoms with Crippen molar-refractivity contribution in [2.75, 3.05) is 20.6 Å². The fourth-order valence-electron chi connectivity index (χ4n) is 0.633. The van der Waals surface area contributed by atoms with Crippen LogP contribution in [0.1, 0.15) is 13.8 Å². The lowest BCUT2D eigenvalue weighted by atomic mass is 10.1. The molecule has 0 aliphatic carbocycles. The molecule has 0 fully saturated rings. The van der Waals surface area contributed by atoms with Crippen LogP contribution in [0.2, 0.25) is 0 Å². The van der Waals surface area contributed by atoms with Crippen molar-refractivity contribution >= 4 is 0 Å². The van der Waals surface area contributed by atoms with Gasteiger partial charge in [-0.15, -0.1) is 0 Å². The van der Waals surface area contributed by atoms with Crippen molar-refractivity contribution in [1.82, 2.24) is 4.90 Å². The van der Waals surface area contributed by atoms with Gasteiger partial charge in [0, 0.05) is 6.54 Å². The number of likely N-dealkylation sites (N-methyl/N-ethyl adjacent to an activating group) is 1. The van der Waals surface area contributed by atoms with Gasteiger partial charge in [0.25, 0.3) is 0 Å². The van der Waals surface area contributed by atoms with Crippen molar-refractivity contribution in [1.29, 1.82) is 0 Å². The largest absolute Gasteiger partial charge is 0.389 e. The van der Waals surface area contributed by atoms with Gasteiger partial charge in [0.05, 0.1) is 6.10 Å². The van der Waals surface area contributed by atoms with E-state index < -0.39 is 0 Å². The van der Waals surface area contributed by atoms with E-state index in [0.717, 1.165) is 6.54 Å². The number of nitrogens with zero attached hydrogens (tertiary/aromatic N) is 1. The maximum absolute atomic E-state index is 9.33. The first-order valence-electron chi connectivity index (χ1n) is 4.03. The first-order valence-corrected chi connectivity index (χ1v) is 4.03. The Hall–Kier alpha value is -0.340. The van der Waals surface area contributed by atoms with Gasteiger partial charge in [0.1, 0.15) is 0 Å². The first kappa shape index (κ1) is 10.7. The van der Waals surface area contributed by atoms with E-state index in [1.165, 1.54) is 0 Å². The second kappa shape index (κ2) is 5.33. The standard InChI is InChI=1S/C9H19NO/c1-8(2)9(11)6-5-7-10(3)4/h5-6,8-9,11H,7H2,1-4H3/b6-5-. The molecule has 0 radical (unpaired) electrons. The van der Waals surface area contributed by atoms with Crippen LogP contribution in [-0.2, 0) is 0 Å². The molecular weight excluding hydrogens is 138 g/mol. The van der Waals surface area contributed by atoms with Crippen LogP contribution >= 0.6 is 0 Å². The molecule has 0 saturated heterocycles. The van der Waals surface area contributed by atoms with Crippen LogP contribution in [0.3, 0.4) is 0 Å². The molecule has 0 amide bonds. The van der Waals surface area contributed by atoms with Crippen LogP contribution in [0.4, 0.5) is 0 Å². The van der Waals surface area contributed by atoms with E-state index in [-0.39, 0.29) is 6.10 Å². The average Bonchev–Trinajstić information content (AvgIpc) is 1.86. The maximum atomic E-state index is 9.33. The molecule has 1 unspecified atom stereocenters. The molecule has 0 heterocycles. The van der Waals surface area contributed by atoms with Gasteiger partial charge in [0.2, 0.25) is 0 Å². The number of hydrogen-bond acceptors (Lipinski definition) is 2. The summed E-state index contributed by atoms with van der Waals surface area (Å²) >= 11 is 0. The van der Waals surface area contributed by atoms with E-state index in [4.69, 9.17) is 0 Å². The zero-order valence-corrected chi connectivity index (χ0v) is 7.91. The van der Waals surface area contributed by atoms with Crippen LogP contribution in [0.25, 0.3) is 0 Å². The summed E-state index contributed by atoms with van der Waals surface area (Å²) in [6, 6.07) is 0. The van der Waals surface area contributed by atoms with Gasteiger partial charge < -0.3 is 10.0 Å². The molecule has 2 nitrogen and oxygen atoms in total. The number of hydrogen-bond donors (Lipinski definition) is 1. The molecule has 1 N–H and O–H groups in total. The highest BCUT2D eigenvalue weighted by atomic mass is 16.3. The Kier molecular flexibility index (Phi) is 5.16. The zero-order valence-electron chi connectivity index (χ0n) is 7.91. The number of aliphatic hydroxyl groups excluding tert-OH is 1. The Balaban J connectivity index is 3.56. The molecule has 0 aliphatic heterocycles. The van der Waals surface area contributed by atoms with Crippen LogP contribution < -0.4 is 0 Å². The van der Waals surface area contributed by atoms with E-state index in [2.05, 4.69) is 4.90 Å². The third kappa shape index (κ3) is 6.07. The smallest absolute Gasteiger partial charge is 0.0744 e. The topological polar surface area (TPSA) is 23.5 Å². The molecule has 11 heavy (non-hydrogen) atoms. The Morgan fingerprint density at radius 1 is 1.36 bits per heavy atom. The van der Waals surface area contributed by atoms with Gasteiger partial charge >= 0.3 is 0 Å². The molecule has 0 rings (SSSR count). The first-order chi connectivity index (χ1) is 5.04. The van der Waals surface area contributed by atoms with Crippen molar-refractivity contribution in [3.8, 4) is 0 Å². The molecule has 0 aromatic carbocycles. The van der Waals surface area contributed by atoms with Crippen LogP contribution in [-0.4, -0.2) is 36.8 Å². The van der Waals surface area contributed by atoms with Crippen molar-refractivity contribution in [3.63, 3.8) is 0 Å². The predicted molar refractivity (Wildman–Crippen MR) is 48.5 cm³/mol. The zero-order chi connectivity index (χ0) is 8.85. The Labute approximate surface area is 69.5 Å². The highest BCUT2D eigenvalue weighted by Crippen LogP contribution is 2.01. The van der Waals surface area contributed by atoms with Gasteiger partial charge in [-0.2, -0.15) is 0 Å². The fraction of sp³-hybridized carbons (Fsp3) is 0.778. The molecule has 2 heteroatoms. The lowest BCUT2D eigenvalue weighted by molar-refractivity contribution is 0.171. The van der Waals surface area contributed by atoms with Gasteiger partial charge in [-0.05, 0) is 20.0 Å². The van der Waals surface area contributed by atoms with Crippen LogP contribution in [0.15, 0.2) is 12.2 Å². The van der Waals surface area contributed by atoms with Crippen molar-refractivity contribution in [2.24, 2.45) is 5.92 Å². The minimum atomic E-state index is -0.296. The van der Waals surface area contributed by atoms with Crippen LogP contribution in [0, 0.1) is 5.92 Å². The average molecular weight is 157 g/mol. The van der Waals surface area contributed by atoms with Gasteiger partial charge in [-0.25, -0.2) is 0 Å². The molecule has 1 atom stereocenters. The fourth-order valence-corrected chi connectivity index (χ4v) is 0.633. The van der Waals surface area contributed by atoms with Crippen LogP contribution in [0.5, 0.6) is 0 Å². The molecule has 66 valence electrons. The van der Waals surface area contributed by atoms with Gasteiger partial charge in [0.15, 0.2) is 0 Å². The minimum Gasteiger partial charge on any atom is -0.389 e. The van der Waals surface area contributed by atoms with E-state index in [0.29, 0.717) is 5.92 Å². The Morgan fingerprint density at radius 2 is 1.91 bits per heavy atom. The number of rotatable bonds is 4. The van der Waals surface area contributed by atoms with E-state index in [9.17, 15) is 5.11 Å². The summed E-state index contributed by atoms with van der Waals surface area (Å²) in [5.74, 6) is 0.313. The van der Waals surface area contributed by atoms with E-state index in [1.807, 2.05) is 40.1 Å². The Bertz CT molecular complexity index is 119. The van der Waals surface area contributed by atoms with Gasteiger partial charge in [-0.3, -0.25) is 0 Å². The highest BCUT2D eigenvalue weighted by molar-refractivity contribution is 4.91. The molecule has 0 aliphatic rings. The van der Waals surface area contributed by atoms with Crippen molar-refractivity contribution < 1.29 is 5.11 Å². The summed E-state index contributed by atoms with van der Waals surface area (Å²) in [5, 5.41) is 9.33. The van der Waals surface area contributed by atoms with Crippen molar-refractivity contribution in [2.45, 2.75) is 20.0 Å². The maximum Gasteiger partial charge on any atom is 0.0744 e. The second-order valence-corrected chi connectivity index (χ2v) is 3.43. The molecular formula is C9H19NO. The molecule has 0 spiro atoms. The minimum absolute atomic E-state index is 0.296. The van der Waals surface area contributed by atoms with E-state index in [1.54, 1.807) is 0 Å². The lowest BCUT2D eigenvalue weighted by Gasteiger charge is -2.09. The molecule has 0 aromatic heterocycles. The second-order valence-electron chi connectivity index (χ2n) is 3.43. The summed E-state index contributed by atoms with van der Waals surface area (Å²) in [6.45, 7) is 4.90. The number of aliphatic hydroxyl groups is 1. The summed E-state index contributed by atoms with van der Waals surface area (Å²) in [5.41, 5.74) is 0. The quantitative estimate of drug-likeness (QED) is 0.618. The molecule has 0 aromatic rings. The van der Waals surface area contributed by atoms with E-state index >= 15 is 0 Å². The third-order valence-corrected chi connectivity index (χ3v) is 1.49. The normalized spacial score (nSPS) is 15.2. The summed E-state index contributed by atoms with van der Waals surface area (Å²) < 4.78 is 0. The lowest BCUT2D eigenvalue weighted by Crippen LogP contribution is -2.14. The Morgan fingerprint density at radius 3 is 2.27 bits per heavy atom.